The summed E-state index contributed by atoms with van der Waals surface area (Å²) >= 11 is 2.97. The van der Waals surface area contributed by atoms with E-state index in [-0.39, 0.29) is 23.5 Å². The summed E-state index contributed by atoms with van der Waals surface area (Å²) in [4.78, 5) is 26.1. The van der Waals surface area contributed by atoms with Gasteiger partial charge in [-0.25, -0.2) is 4.79 Å². The SMILES string of the molecule is O=c1[nH]c2ccc(C(O)(C(F)(F)F)C(F)(F)F)cc2c(=O)n1CCBr. The topological polar surface area (TPSA) is 75.1 Å². The van der Waals surface area contributed by atoms with Crippen LogP contribution in [0.15, 0.2) is 27.8 Å². The van der Waals surface area contributed by atoms with Crippen LogP contribution in [0, 0.1) is 0 Å². The Morgan fingerprint density at radius 1 is 1.08 bits per heavy atom. The van der Waals surface area contributed by atoms with Crippen LogP contribution in [0.1, 0.15) is 5.56 Å². The molecule has 2 N–H and O–H groups in total. The number of H-pyrrole nitrogens is 1. The number of alkyl halides is 7. The second kappa shape index (κ2) is 6.16. The second-order valence-corrected chi connectivity index (χ2v) is 5.84. The summed E-state index contributed by atoms with van der Waals surface area (Å²) in [6, 6.07) is 1.33. The average Bonchev–Trinajstić information content (AvgIpc) is 2.48. The largest absolute Gasteiger partial charge is 0.430 e. The zero-order chi connectivity index (χ0) is 19.2. The van der Waals surface area contributed by atoms with E-state index in [1.54, 1.807) is 0 Å². The molecule has 0 bridgehead atoms. The second-order valence-electron chi connectivity index (χ2n) is 5.04. The molecule has 1 aromatic heterocycles. The van der Waals surface area contributed by atoms with Crippen molar-refractivity contribution in [1.29, 1.82) is 0 Å². The lowest BCUT2D eigenvalue weighted by Gasteiger charge is -2.32. The van der Waals surface area contributed by atoms with E-state index in [2.05, 4.69) is 20.9 Å². The minimum Gasteiger partial charge on any atom is -0.369 e. The first-order chi connectivity index (χ1) is 11.3. The molecule has 1 heterocycles. The summed E-state index contributed by atoms with van der Waals surface area (Å²) in [5.41, 5.74) is -8.93. The summed E-state index contributed by atoms with van der Waals surface area (Å²) in [5, 5.41) is 8.95. The molecule has 0 aliphatic heterocycles. The highest BCUT2D eigenvalue weighted by atomic mass is 79.9. The molecule has 1 aromatic carbocycles. The van der Waals surface area contributed by atoms with Gasteiger partial charge in [0.15, 0.2) is 0 Å². The first-order valence-corrected chi connectivity index (χ1v) is 7.66. The van der Waals surface area contributed by atoms with Crippen molar-refractivity contribution in [2.75, 3.05) is 5.33 Å². The highest BCUT2D eigenvalue weighted by molar-refractivity contribution is 9.09. The molecule has 0 radical (unpaired) electrons. The molecule has 0 fully saturated rings. The molecule has 138 valence electrons. The maximum Gasteiger partial charge on any atom is 0.430 e. The Morgan fingerprint density at radius 3 is 2.12 bits per heavy atom. The Morgan fingerprint density at radius 2 is 1.64 bits per heavy atom. The lowest BCUT2D eigenvalue weighted by atomic mass is 9.91. The minimum atomic E-state index is -6.07. The van der Waals surface area contributed by atoms with Gasteiger partial charge in [0.1, 0.15) is 0 Å². The number of aromatic amines is 1. The van der Waals surface area contributed by atoms with Crippen LogP contribution in [0.3, 0.4) is 0 Å². The predicted molar refractivity (Wildman–Crippen MR) is 78.6 cm³/mol. The first-order valence-electron chi connectivity index (χ1n) is 6.53. The smallest absolute Gasteiger partial charge is 0.369 e. The van der Waals surface area contributed by atoms with Crippen LogP contribution in [-0.4, -0.2) is 32.3 Å². The van der Waals surface area contributed by atoms with E-state index in [4.69, 9.17) is 0 Å². The van der Waals surface area contributed by atoms with Crippen LogP contribution < -0.4 is 11.2 Å². The maximum absolute atomic E-state index is 12.9. The number of halogens is 7. The van der Waals surface area contributed by atoms with Gasteiger partial charge in [0.25, 0.3) is 11.2 Å². The Hall–Kier alpha value is -1.82. The van der Waals surface area contributed by atoms with Crippen molar-refractivity contribution in [3.05, 3.63) is 44.6 Å². The molecule has 0 saturated heterocycles. The van der Waals surface area contributed by atoms with Crippen LogP contribution >= 0.6 is 15.9 Å². The number of hydrogen-bond donors (Lipinski definition) is 2. The van der Waals surface area contributed by atoms with Gasteiger partial charge < -0.3 is 10.1 Å². The molecular formula is C13H9BrF6N2O3. The summed E-state index contributed by atoms with van der Waals surface area (Å²) in [6.07, 6.45) is -12.1. The number of fused-ring (bicyclic) bond motifs is 1. The van der Waals surface area contributed by atoms with E-state index < -0.39 is 40.2 Å². The number of aliphatic hydroxyl groups is 1. The molecule has 2 rings (SSSR count). The van der Waals surface area contributed by atoms with E-state index in [1.807, 2.05) is 0 Å². The molecule has 12 heteroatoms. The van der Waals surface area contributed by atoms with E-state index in [0.29, 0.717) is 16.7 Å². The summed E-state index contributed by atoms with van der Waals surface area (Å²) < 4.78 is 78.2. The van der Waals surface area contributed by atoms with E-state index >= 15 is 0 Å². The number of benzene rings is 1. The molecule has 0 aliphatic carbocycles. The van der Waals surface area contributed by atoms with Crippen LogP contribution in [0.4, 0.5) is 26.3 Å². The summed E-state index contributed by atoms with van der Waals surface area (Å²) in [6.45, 7) is -0.156. The van der Waals surface area contributed by atoms with E-state index in [9.17, 15) is 41.0 Å². The fraction of sp³-hybridized carbons (Fsp3) is 0.385. The van der Waals surface area contributed by atoms with Gasteiger partial charge >= 0.3 is 18.0 Å². The quantitative estimate of drug-likeness (QED) is 0.575. The van der Waals surface area contributed by atoms with Crippen molar-refractivity contribution in [2.24, 2.45) is 0 Å². The maximum atomic E-state index is 12.9. The molecule has 0 amide bonds. The molecule has 2 aromatic rings. The van der Waals surface area contributed by atoms with Crippen LogP contribution in [0.25, 0.3) is 10.9 Å². The molecule has 0 spiro atoms. The van der Waals surface area contributed by atoms with Crippen molar-refractivity contribution < 1.29 is 31.4 Å². The molecule has 0 saturated carbocycles. The Kier molecular flexibility index (Phi) is 4.81. The Balaban J connectivity index is 2.84. The van der Waals surface area contributed by atoms with Crippen molar-refractivity contribution in [3.8, 4) is 0 Å². The fourth-order valence-corrected chi connectivity index (χ4v) is 2.61. The third-order valence-corrected chi connectivity index (χ3v) is 3.88. The number of hydrogen-bond acceptors (Lipinski definition) is 3. The highest BCUT2D eigenvalue weighted by Gasteiger charge is 2.71. The molecule has 0 atom stereocenters. The number of nitrogens with zero attached hydrogens (tertiary/aromatic N) is 1. The minimum absolute atomic E-state index is 0.149. The highest BCUT2D eigenvalue weighted by Crippen LogP contribution is 2.50. The molecule has 5 nitrogen and oxygen atoms in total. The molecule has 0 aliphatic rings. The van der Waals surface area contributed by atoms with E-state index in [0.717, 1.165) is 0 Å². The first kappa shape index (κ1) is 19.5. The molecular weight excluding hydrogens is 426 g/mol. The van der Waals surface area contributed by atoms with Gasteiger partial charge in [-0.3, -0.25) is 9.36 Å². The van der Waals surface area contributed by atoms with Crippen molar-refractivity contribution >= 4 is 26.8 Å². The zero-order valence-electron chi connectivity index (χ0n) is 12.0. The fourth-order valence-electron chi connectivity index (χ4n) is 2.25. The van der Waals surface area contributed by atoms with E-state index in [1.165, 1.54) is 0 Å². The van der Waals surface area contributed by atoms with Crippen molar-refractivity contribution in [1.82, 2.24) is 9.55 Å². The standard InChI is InChI=1S/C13H9BrF6N2O3/c14-3-4-22-9(23)7-5-6(1-2-8(7)21-10(22)24)11(25,12(15,16)17)13(18,19)20/h1-2,5,25H,3-4H2,(H,21,24). The van der Waals surface area contributed by atoms with Crippen LogP contribution in [-0.2, 0) is 12.1 Å². The van der Waals surface area contributed by atoms with Gasteiger partial charge in [-0.15, -0.1) is 0 Å². The Labute approximate surface area is 143 Å². The van der Waals surface area contributed by atoms with Crippen LogP contribution in [0.5, 0.6) is 0 Å². The number of aromatic nitrogens is 2. The normalized spacial score (nSPS) is 13.4. The molecule has 25 heavy (non-hydrogen) atoms. The lowest BCUT2D eigenvalue weighted by molar-refractivity contribution is -0.376. The van der Waals surface area contributed by atoms with Gasteiger partial charge in [-0.1, -0.05) is 22.0 Å². The third-order valence-electron chi connectivity index (χ3n) is 3.53. The van der Waals surface area contributed by atoms with Crippen molar-refractivity contribution in [2.45, 2.75) is 24.5 Å². The van der Waals surface area contributed by atoms with Gasteiger partial charge in [-0.05, 0) is 12.1 Å². The third kappa shape index (κ3) is 3.08. The van der Waals surface area contributed by atoms with Gasteiger partial charge in [0.2, 0.25) is 0 Å². The Bertz CT molecular complexity index is 901. The monoisotopic (exact) mass is 434 g/mol. The lowest BCUT2D eigenvalue weighted by Crippen LogP contribution is -2.54. The molecule has 0 unspecified atom stereocenters. The van der Waals surface area contributed by atoms with Gasteiger partial charge in [0, 0.05) is 17.4 Å². The zero-order valence-corrected chi connectivity index (χ0v) is 13.6. The van der Waals surface area contributed by atoms with Gasteiger partial charge in [-0.2, -0.15) is 26.3 Å². The number of rotatable bonds is 3. The van der Waals surface area contributed by atoms with Crippen LogP contribution in [0.2, 0.25) is 0 Å². The van der Waals surface area contributed by atoms with Gasteiger partial charge in [0.05, 0.1) is 10.9 Å². The summed E-state index contributed by atoms with van der Waals surface area (Å²) in [5.74, 6) is 0. The summed E-state index contributed by atoms with van der Waals surface area (Å²) in [7, 11) is 0. The van der Waals surface area contributed by atoms with Crippen molar-refractivity contribution in [3.63, 3.8) is 0 Å². The average molecular weight is 435 g/mol. The predicted octanol–water partition coefficient (Wildman–Crippen LogP) is 2.40. The number of nitrogens with one attached hydrogen (secondary N) is 1.